The number of imidazole rings is 1. The van der Waals surface area contributed by atoms with Crippen molar-refractivity contribution in [3.63, 3.8) is 0 Å². The van der Waals surface area contributed by atoms with E-state index in [1.807, 2.05) is 22.6 Å². The monoisotopic (exact) mass is 410 g/mol. The van der Waals surface area contributed by atoms with Crippen LogP contribution in [-0.2, 0) is 0 Å². The van der Waals surface area contributed by atoms with Gasteiger partial charge in [0.25, 0.3) is 5.89 Å². The van der Waals surface area contributed by atoms with Crippen LogP contribution < -0.4 is 4.90 Å². The number of hydrogen-bond acceptors (Lipinski definition) is 7. The van der Waals surface area contributed by atoms with E-state index in [1.54, 1.807) is 6.33 Å². The molecule has 0 radical (unpaired) electrons. The summed E-state index contributed by atoms with van der Waals surface area (Å²) in [4.78, 5) is 16.2. The fourth-order valence-corrected chi connectivity index (χ4v) is 4.47. The molecule has 1 saturated carbocycles. The van der Waals surface area contributed by atoms with E-state index in [2.05, 4.69) is 20.0 Å². The molecule has 1 saturated heterocycles. The lowest BCUT2D eigenvalue weighted by Crippen LogP contribution is -2.33. The van der Waals surface area contributed by atoms with Gasteiger partial charge in [-0.25, -0.2) is 9.97 Å². The van der Waals surface area contributed by atoms with Crippen LogP contribution in [0.4, 0.5) is 5.82 Å². The number of rotatable bonds is 4. The molecule has 2 aliphatic rings. The minimum Gasteiger partial charge on any atom is -0.394 e. The zero-order valence-electron chi connectivity index (χ0n) is 15.6. The molecule has 2 fully saturated rings. The standard InChI is InChI=1S/C20H19ClN6O2/c21-13-4-1-5-14-15(13)18(26-8-2-3-12(26)9-28)24-19-16(22-10-27(14)19)20-23-17(25-29-20)11-6-7-11/h1,4-5,10-12,28H,2-3,6-9H2/t12-/m1/s1. The number of anilines is 1. The number of nitrogens with zero attached hydrogens (tertiary/aromatic N) is 6. The van der Waals surface area contributed by atoms with Crippen LogP contribution in [-0.4, -0.2) is 48.8 Å². The van der Waals surface area contributed by atoms with Crippen molar-refractivity contribution in [1.82, 2.24) is 24.5 Å². The molecule has 1 N–H and O–H groups in total. The minimum atomic E-state index is 0.0284. The number of hydrogen-bond donors (Lipinski definition) is 1. The summed E-state index contributed by atoms with van der Waals surface area (Å²) in [6.45, 7) is 0.907. The molecule has 0 spiro atoms. The molecule has 9 heteroatoms. The first-order valence-electron chi connectivity index (χ1n) is 9.91. The van der Waals surface area contributed by atoms with Gasteiger partial charge in [-0.15, -0.1) is 0 Å². The minimum absolute atomic E-state index is 0.0284. The second-order valence-corrected chi connectivity index (χ2v) is 8.17. The number of benzene rings is 1. The number of aliphatic hydroxyl groups is 1. The Morgan fingerprint density at radius 2 is 2.10 bits per heavy atom. The Kier molecular flexibility index (Phi) is 3.79. The van der Waals surface area contributed by atoms with Crippen molar-refractivity contribution >= 4 is 34.0 Å². The second-order valence-electron chi connectivity index (χ2n) is 7.76. The molecule has 0 bridgehead atoms. The molecule has 0 unspecified atom stereocenters. The van der Waals surface area contributed by atoms with E-state index in [4.69, 9.17) is 21.1 Å². The third kappa shape index (κ3) is 2.63. The van der Waals surface area contributed by atoms with Crippen molar-refractivity contribution in [1.29, 1.82) is 0 Å². The highest BCUT2D eigenvalue weighted by Crippen LogP contribution is 2.40. The van der Waals surface area contributed by atoms with Crippen molar-refractivity contribution in [2.75, 3.05) is 18.1 Å². The van der Waals surface area contributed by atoms with Crippen molar-refractivity contribution in [2.24, 2.45) is 0 Å². The van der Waals surface area contributed by atoms with Gasteiger partial charge in [0, 0.05) is 12.5 Å². The van der Waals surface area contributed by atoms with Crippen LogP contribution in [0.5, 0.6) is 0 Å². The average Bonchev–Trinajstić information content (AvgIpc) is 3.14. The van der Waals surface area contributed by atoms with E-state index in [-0.39, 0.29) is 12.6 Å². The van der Waals surface area contributed by atoms with Crippen LogP contribution in [0.3, 0.4) is 0 Å². The van der Waals surface area contributed by atoms with Crippen molar-refractivity contribution < 1.29 is 9.63 Å². The molecule has 1 aromatic carbocycles. The lowest BCUT2D eigenvalue weighted by Gasteiger charge is -2.26. The average molecular weight is 411 g/mol. The summed E-state index contributed by atoms with van der Waals surface area (Å²) < 4.78 is 7.41. The summed E-state index contributed by atoms with van der Waals surface area (Å²) in [5.41, 5.74) is 2.11. The summed E-state index contributed by atoms with van der Waals surface area (Å²) in [7, 11) is 0. The Labute approximate surface area is 171 Å². The van der Waals surface area contributed by atoms with Crippen molar-refractivity contribution in [3.05, 3.63) is 35.4 Å². The van der Waals surface area contributed by atoms with Gasteiger partial charge in [-0.3, -0.25) is 4.40 Å². The van der Waals surface area contributed by atoms with Crippen LogP contribution in [0.25, 0.3) is 28.1 Å². The molecule has 4 heterocycles. The highest BCUT2D eigenvalue weighted by Gasteiger charge is 2.31. The van der Waals surface area contributed by atoms with Gasteiger partial charge >= 0.3 is 0 Å². The predicted octanol–water partition coefficient (Wildman–Crippen LogP) is 3.42. The van der Waals surface area contributed by atoms with Gasteiger partial charge in [0.15, 0.2) is 17.2 Å². The summed E-state index contributed by atoms with van der Waals surface area (Å²) in [5, 5.41) is 15.4. The fourth-order valence-electron chi connectivity index (χ4n) is 4.22. The Bertz CT molecular complexity index is 1230. The van der Waals surface area contributed by atoms with E-state index in [0.29, 0.717) is 28.2 Å². The first-order valence-corrected chi connectivity index (χ1v) is 10.3. The molecule has 3 aromatic heterocycles. The van der Waals surface area contributed by atoms with Gasteiger partial charge in [0.1, 0.15) is 12.1 Å². The van der Waals surface area contributed by atoms with Crippen LogP contribution in [0.15, 0.2) is 29.0 Å². The molecular formula is C20H19ClN6O2. The summed E-state index contributed by atoms with van der Waals surface area (Å²) in [5.74, 6) is 2.29. The van der Waals surface area contributed by atoms with E-state index in [0.717, 1.165) is 54.8 Å². The molecule has 1 aliphatic carbocycles. The van der Waals surface area contributed by atoms with Crippen LogP contribution in [0.2, 0.25) is 5.02 Å². The highest BCUT2D eigenvalue weighted by atomic mass is 35.5. The van der Waals surface area contributed by atoms with E-state index in [9.17, 15) is 5.11 Å². The first kappa shape index (κ1) is 17.2. The number of aliphatic hydroxyl groups excluding tert-OH is 1. The molecule has 29 heavy (non-hydrogen) atoms. The van der Waals surface area contributed by atoms with Gasteiger partial charge in [0.05, 0.1) is 28.6 Å². The molecule has 0 amide bonds. The number of aromatic nitrogens is 5. The predicted molar refractivity (Wildman–Crippen MR) is 108 cm³/mol. The molecule has 148 valence electrons. The zero-order chi connectivity index (χ0) is 19.5. The lowest BCUT2D eigenvalue weighted by atomic mass is 10.2. The van der Waals surface area contributed by atoms with Crippen molar-refractivity contribution in [3.8, 4) is 11.6 Å². The Hall–Kier alpha value is -2.71. The molecule has 8 nitrogen and oxygen atoms in total. The van der Waals surface area contributed by atoms with Crippen LogP contribution >= 0.6 is 11.6 Å². The fraction of sp³-hybridized carbons (Fsp3) is 0.400. The highest BCUT2D eigenvalue weighted by molar-refractivity contribution is 6.36. The summed E-state index contributed by atoms with van der Waals surface area (Å²) in [6.07, 6.45) is 5.85. The maximum Gasteiger partial charge on any atom is 0.280 e. The van der Waals surface area contributed by atoms with Crippen LogP contribution in [0.1, 0.15) is 37.4 Å². The molecule has 4 aromatic rings. The maximum absolute atomic E-state index is 9.85. The Morgan fingerprint density at radius 1 is 1.21 bits per heavy atom. The molecule has 6 rings (SSSR count). The largest absolute Gasteiger partial charge is 0.394 e. The maximum atomic E-state index is 9.85. The quantitative estimate of drug-likeness (QED) is 0.551. The number of halogens is 1. The Morgan fingerprint density at radius 3 is 2.93 bits per heavy atom. The third-order valence-corrected chi connectivity index (χ3v) is 6.19. The van der Waals surface area contributed by atoms with Gasteiger partial charge in [-0.05, 0) is 37.8 Å². The van der Waals surface area contributed by atoms with Gasteiger partial charge in [-0.1, -0.05) is 22.8 Å². The summed E-state index contributed by atoms with van der Waals surface area (Å²) in [6, 6.07) is 5.81. The van der Waals surface area contributed by atoms with Gasteiger partial charge in [-0.2, -0.15) is 4.98 Å². The van der Waals surface area contributed by atoms with E-state index >= 15 is 0 Å². The topological polar surface area (TPSA) is 92.6 Å². The van der Waals surface area contributed by atoms with E-state index < -0.39 is 0 Å². The zero-order valence-corrected chi connectivity index (χ0v) is 16.4. The SMILES string of the molecule is OC[C@H]1CCCN1c1nc2c(-c3nc(C4CC4)no3)ncn2c2cccc(Cl)c12. The van der Waals surface area contributed by atoms with Gasteiger partial charge < -0.3 is 14.5 Å². The van der Waals surface area contributed by atoms with Gasteiger partial charge in [0.2, 0.25) is 0 Å². The smallest absolute Gasteiger partial charge is 0.280 e. The molecule has 1 aliphatic heterocycles. The second kappa shape index (κ2) is 6.40. The lowest BCUT2D eigenvalue weighted by molar-refractivity contribution is 0.266. The molecule has 1 atom stereocenters. The third-order valence-electron chi connectivity index (χ3n) is 5.88. The normalized spacial score (nSPS) is 19.7. The summed E-state index contributed by atoms with van der Waals surface area (Å²) >= 11 is 6.60. The molecular weight excluding hydrogens is 392 g/mol. The number of fused-ring (bicyclic) bond motifs is 3. The van der Waals surface area contributed by atoms with E-state index in [1.165, 1.54) is 0 Å². The first-order chi connectivity index (χ1) is 14.2. The van der Waals surface area contributed by atoms with Crippen LogP contribution in [0, 0.1) is 0 Å². The Balaban J connectivity index is 1.60. The van der Waals surface area contributed by atoms with Crippen molar-refractivity contribution in [2.45, 2.75) is 37.6 Å².